The lowest BCUT2D eigenvalue weighted by Crippen LogP contribution is -1.99. The number of H-pyrrole nitrogens is 1. The van der Waals surface area contributed by atoms with Gasteiger partial charge in [0.2, 0.25) is 0 Å². The number of nitrogens with one attached hydrogen (secondary N) is 1. The molecule has 3 heteroatoms. The van der Waals surface area contributed by atoms with Crippen molar-refractivity contribution in [3.63, 3.8) is 0 Å². The van der Waals surface area contributed by atoms with Crippen LogP contribution in [0.15, 0.2) is 48.9 Å². The first kappa shape index (κ1) is 8.29. The second kappa shape index (κ2) is 3.28. The zero-order valence-corrected chi connectivity index (χ0v) is 8.22. The zero-order chi connectivity index (χ0) is 10.1. The highest BCUT2D eigenvalue weighted by atomic mass is 15.0. The Bertz CT molecular complexity index is 563. The number of aromatic nitrogens is 3. The summed E-state index contributed by atoms with van der Waals surface area (Å²) >= 11 is 0. The number of para-hydroxylation sites is 1. The van der Waals surface area contributed by atoms with Gasteiger partial charge in [0.15, 0.2) is 0 Å². The highest BCUT2D eigenvalue weighted by Gasteiger charge is 2.01. The molecule has 74 valence electrons. The van der Waals surface area contributed by atoms with Crippen molar-refractivity contribution in [3.05, 3.63) is 54.7 Å². The minimum Gasteiger partial charge on any atom is -0.347 e. The van der Waals surface area contributed by atoms with Crippen molar-refractivity contribution in [2.45, 2.75) is 6.54 Å². The van der Waals surface area contributed by atoms with Crippen LogP contribution in [0.25, 0.3) is 10.9 Å². The Labute approximate surface area is 87.4 Å². The summed E-state index contributed by atoms with van der Waals surface area (Å²) in [7, 11) is 0. The maximum absolute atomic E-state index is 4.22. The van der Waals surface area contributed by atoms with Crippen LogP contribution in [0.5, 0.6) is 0 Å². The van der Waals surface area contributed by atoms with Crippen LogP contribution in [0.3, 0.4) is 0 Å². The predicted octanol–water partition coefficient (Wildman–Crippen LogP) is 2.41. The van der Waals surface area contributed by atoms with E-state index < -0.39 is 0 Å². The highest BCUT2D eigenvalue weighted by Crippen LogP contribution is 2.15. The fourth-order valence-electron chi connectivity index (χ4n) is 1.82. The number of rotatable bonds is 2. The van der Waals surface area contributed by atoms with Crippen molar-refractivity contribution < 1.29 is 0 Å². The number of nitrogens with zero attached hydrogens (tertiary/aromatic N) is 2. The summed E-state index contributed by atoms with van der Waals surface area (Å²) in [5.41, 5.74) is 1.24. The lowest BCUT2D eigenvalue weighted by Gasteiger charge is -2.02. The number of hydrogen-bond donors (Lipinski definition) is 1. The summed E-state index contributed by atoms with van der Waals surface area (Å²) in [6.45, 7) is 0.792. The molecule has 2 aromatic heterocycles. The molecule has 0 bridgehead atoms. The maximum Gasteiger partial charge on any atom is 0.126 e. The molecule has 0 spiro atoms. The summed E-state index contributed by atoms with van der Waals surface area (Å²) in [6.07, 6.45) is 5.72. The molecule has 3 rings (SSSR count). The molecule has 3 aromatic rings. The van der Waals surface area contributed by atoms with E-state index in [-0.39, 0.29) is 0 Å². The summed E-state index contributed by atoms with van der Waals surface area (Å²) in [5.74, 6) is 0.983. The molecule has 0 unspecified atom stereocenters. The average molecular weight is 197 g/mol. The normalized spacial score (nSPS) is 10.9. The fraction of sp³-hybridized carbons (Fsp3) is 0.0833. The molecule has 0 fully saturated rings. The van der Waals surface area contributed by atoms with Crippen LogP contribution in [-0.2, 0) is 6.54 Å². The van der Waals surface area contributed by atoms with Crippen molar-refractivity contribution in [1.82, 2.24) is 14.5 Å². The second-order valence-corrected chi connectivity index (χ2v) is 3.54. The molecular formula is C12H11N3. The summed E-state index contributed by atoms with van der Waals surface area (Å²) in [6, 6.07) is 10.5. The molecule has 0 aliphatic heterocycles. The van der Waals surface area contributed by atoms with Gasteiger partial charge in [-0.3, -0.25) is 0 Å². The molecule has 1 N–H and O–H groups in total. The van der Waals surface area contributed by atoms with E-state index in [9.17, 15) is 0 Å². The van der Waals surface area contributed by atoms with E-state index in [1.807, 2.05) is 6.20 Å². The second-order valence-electron chi connectivity index (χ2n) is 3.54. The molecule has 0 aliphatic carbocycles. The van der Waals surface area contributed by atoms with Crippen molar-refractivity contribution in [2.24, 2.45) is 0 Å². The fourth-order valence-corrected chi connectivity index (χ4v) is 1.82. The van der Waals surface area contributed by atoms with Gasteiger partial charge in [-0.05, 0) is 17.5 Å². The van der Waals surface area contributed by atoms with Crippen LogP contribution in [0.4, 0.5) is 0 Å². The first-order chi connectivity index (χ1) is 7.43. The zero-order valence-electron chi connectivity index (χ0n) is 8.22. The van der Waals surface area contributed by atoms with Crippen LogP contribution >= 0.6 is 0 Å². The van der Waals surface area contributed by atoms with E-state index >= 15 is 0 Å². The van der Waals surface area contributed by atoms with Crippen molar-refractivity contribution in [1.29, 1.82) is 0 Å². The van der Waals surface area contributed by atoms with E-state index in [1.165, 1.54) is 10.9 Å². The van der Waals surface area contributed by atoms with Gasteiger partial charge in [0.25, 0.3) is 0 Å². The topological polar surface area (TPSA) is 33.6 Å². The average Bonchev–Trinajstić information content (AvgIpc) is 2.89. The Morgan fingerprint density at radius 3 is 3.00 bits per heavy atom. The molecule has 3 nitrogen and oxygen atoms in total. The number of aromatic amines is 1. The number of fused-ring (bicyclic) bond motifs is 1. The number of benzene rings is 1. The number of imidazole rings is 1. The third-order valence-electron chi connectivity index (χ3n) is 2.56. The quantitative estimate of drug-likeness (QED) is 0.672. The van der Waals surface area contributed by atoms with E-state index in [0.717, 1.165) is 12.4 Å². The molecule has 0 aliphatic rings. The van der Waals surface area contributed by atoms with Crippen LogP contribution < -0.4 is 0 Å². The molecule has 15 heavy (non-hydrogen) atoms. The molecule has 0 atom stereocenters. The molecule has 0 saturated carbocycles. The minimum atomic E-state index is 0.792. The minimum absolute atomic E-state index is 0.792. The largest absolute Gasteiger partial charge is 0.347 e. The van der Waals surface area contributed by atoms with Gasteiger partial charge >= 0.3 is 0 Å². The molecule has 0 saturated heterocycles. The molecule has 1 aromatic carbocycles. The van der Waals surface area contributed by atoms with Crippen molar-refractivity contribution in [3.8, 4) is 0 Å². The van der Waals surface area contributed by atoms with E-state index in [1.54, 1.807) is 6.20 Å². The summed E-state index contributed by atoms with van der Waals surface area (Å²) in [5, 5.41) is 1.27. The van der Waals surface area contributed by atoms with Gasteiger partial charge in [0, 0.05) is 24.1 Å². The van der Waals surface area contributed by atoms with E-state index in [2.05, 4.69) is 51.1 Å². The first-order valence-corrected chi connectivity index (χ1v) is 4.95. The third-order valence-corrected chi connectivity index (χ3v) is 2.56. The Morgan fingerprint density at radius 1 is 1.20 bits per heavy atom. The standard InChI is InChI=1S/C12H11N3/c1-2-4-11-10(3-1)5-8-15(11)9-12-13-6-7-14-12/h1-8H,9H2,(H,13,14). The molecule has 2 heterocycles. The van der Waals surface area contributed by atoms with Crippen LogP contribution in [0.2, 0.25) is 0 Å². The van der Waals surface area contributed by atoms with Gasteiger partial charge in [0.05, 0.1) is 6.54 Å². The Balaban J connectivity index is 2.05. The Kier molecular flexibility index (Phi) is 1.81. The van der Waals surface area contributed by atoms with Gasteiger partial charge in [0.1, 0.15) is 5.82 Å². The van der Waals surface area contributed by atoms with Crippen LogP contribution in [0.1, 0.15) is 5.82 Å². The molecular weight excluding hydrogens is 186 g/mol. The van der Waals surface area contributed by atoms with Gasteiger partial charge < -0.3 is 9.55 Å². The number of hydrogen-bond acceptors (Lipinski definition) is 1. The van der Waals surface area contributed by atoms with Gasteiger partial charge in [-0.15, -0.1) is 0 Å². The van der Waals surface area contributed by atoms with Crippen LogP contribution in [0, 0.1) is 0 Å². The van der Waals surface area contributed by atoms with E-state index in [0.29, 0.717) is 0 Å². The Hall–Kier alpha value is -2.03. The smallest absolute Gasteiger partial charge is 0.126 e. The van der Waals surface area contributed by atoms with Gasteiger partial charge in [-0.1, -0.05) is 18.2 Å². The van der Waals surface area contributed by atoms with E-state index in [4.69, 9.17) is 0 Å². The molecule has 0 amide bonds. The Morgan fingerprint density at radius 2 is 2.13 bits per heavy atom. The third kappa shape index (κ3) is 1.42. The highest BCUT2D eigenvalue weighted by molar-refractivity contribution is 5.79. The van der Waals surface area contributed by atoms with Crippen molar-refractivity contribution >= 4 is 10.9 Å². The SMILES string of the molecule is c1ccc2c(c1)ccn2Cc1ncc[nH]1. The maximum atomic E-state index is 4.22. The summed E-state index contributed by atoms with van der Waals surface area (Å²) in [4.78, 5) is 7.33. The first-order valence-electron chi connectivity index (χ1n) is 4.95. The van der Waals surface area contributed by atoms with Crippen molar-refractivity contribution in [2.75, 3.05) is 0 Å². The van der Waals surface area contributed by atoms with Crippen LogP contribution in [-0.4, -0.2) is 14.5 Å². The van der Waals surface area contributed by atoms with Gasteiger partial charge in [-0.25, -0.2) is 4.98 Å². The predicted molar refractivity (Wildman–Crippen MR) is 59.6 cm³/mol. The lowest BCUT2D eigenvalue weighted by atomic mass is 10.2. The summed E-state index contributed by atoms with van der Waals surface area (Å²) < 4.78 is 2.19. The monoisotopic (exact) mass is 197 g/mol. The molecule has 0 radical (unpaired) electrons. The van der Waals surface area contributed by atoms with Gasteiger partial charge in [-0.2, -0.15) is 0 Å². The lowest BCUT2D eigenvalue weighted by molar-refractivity contribution is 0.787.